The Morgan fingerprint density at radius 2 is 1.58 bits per heavy atom. The van der Waals surface area contributed by atoms with Crippen molar-refractivity contribution in [2.45, 2.75) is 0 Å². The van der Waals surface area contributed by atoms with E-state index in [1.165, 1.54) is 12.3 Å². The first kappa shape index (κ1) is 17.2. The van der Waals surface area contributed by atoms with Crippen molar-refractivity contribution in [1.82, 2.24) is 4.98 Å². The Hall–Kier alpha value is -3.61. The van der Waals surface area contributed by atoms with Crippen molar-refractivity contribution < 1.29 is 18.4 Å². The highest BCUT2D eigenvalue weighted by molar-refractivity contribution is 6.06. The Kier molecular flexibility index (Phi) is 4.98. The lowest BCUT2D eigenvalue weighted by molar-refractivity contribution is 0.101. The highest BCUT2D eigenvalue weighted by Crippen LogP contribution is 2.18. The minimum Gasteiger partial charge on any atom is -0.322 e. The van der Waals surface area contributed by atoms with Gasteiger partial charge < -0.3 is 10.6 Å². The fourth-order valence-electron chi connectivity index (χ4n) is 2.24. The van der Waals surface area contributed by atoms with Crippen LogP contribution in [0.3, 0.4) is 0 Å². The van der Waals surface area contributed by atoms with Crippen molar-refractivity contribution in [3.8, 4) is 0 Å². The molecule has 26 heavy (non-hydrogen) atoms. The van der Waals surface area contributed by atoms with Gasteiger partial charge in [-0.1, -0.05) is 6.07 Å². The second-order valence-electron chi connectivity index (χ2n) is 5.35. The number of rotatable bonds is 4. The lowest BCUT2D eigenvalue weighted by Crippen LogP contribution is -2.15. The number of hydrogen-bond acceptors (Lipinski definition) is 3. The zero-order valence-electron chi connectivity index (χ0n) is 13.4. The van der Waals surface area contributed by atoms with Gasteiger partial charge in [-0.2, -0.15) is 0 Å². The maximum atomic E-state index is 13.7. The molecule has 0 aliphatic carbocycles. The number of amides is 2. The number of aromatic nitrogens is 1. The van der Waals surface area contributed by atoms with E-state index in [4.69, 9.17) is 0 Å². The van der Waals surface area contributed by atoms with Gasteiger partial charge >= 0.3 is 0 Å². The number of benzene rings is 2. The Morgan fingerprint density at radius 3 is 2.27 bits per heavy atom. The van der Waals surface area contributed by atoms with Crippen LogP contribution in [0.15, 0.2) is 67.0 Å². The van der Waals surface area contributed by atoms with Crippen LogP contribution in [0.5, 0.6) is 0 Å². The van der Waals surface area contributed by atoms with Gasteiger partial charge in [0, 0.05) is 23.8 Å². The van der Waals surface area contributed by atoms with E-state index < -0.39 is 23.1 Å². The summed E-state index contributed by atoms with van der Waals surface area (Å²) in [5, 5.41) is 5.14. The van der Waals surface area contributed by atoms with Crippen LogP contribution < -0.4 is 10.6 Å². The van der Waals surface area contributed by atoms with E-state index in [9.17, 15) is 18.4 Å². The molecular formula is C19H13F2N3O2. The van der Waals surface area contributed by atoms with Gasteiger partial charge in [-0.15, -0.1) is 0 Å². The molecule has 1 heterocycles. The molecule has 2 amide bonds. The Labute approximate surface area is 147 Å². The molecule has 0 unspecified atom stereocenters. The van der Waals surface area contributed by atoms with Crippen molar-refractivity contribution in [2.24, 2.45) is 0 Å². The number of carbonyl (C=O) groups excluding carboxylic acids is 2. The second kappa shape index (κ2) is 7.52. The normalized spacial score (nSPS) is 10.2. The van der Waals surface area contributed by atoms with Gasteiger partial charge in [-0.3, -0.25) is 14.6 Å². The number of anilines is 2. The first-order valence-electron chi connectivity index (χ1n) is 7.61. The Bertz CT molecular complexity index is 962. The number of carbonyl (C=O) groups is 2. The molecule has 0 aliphatic rings. The van der Waals surface area contributed by atoms with Crippen molar-refractivity contribution in [3.05, 3.63) is 89.8 Å². The third-order valence-electron chi connectivity index (χ3n) is 3.48. The predicted octanol–water partition coefficient (Wildman–Crippen LogP) is 3.86. The van der Waals surface area contributed by atoms with E-state index >= 15 is 0 Å². The van der Waals surface area contributed by atoms with Gasteiger partial charge in [-0.05, 0) is 48.5 Å². The smallest absolute Gasteiger partial charge is 0.258 e. The molecule has 2 aromatic carbocycles. The first-order chi connectivity index (χ1) is 12.5. The first-order valence-corrected chi connectivity index (χ1v) is 7.61. The monoisotopic (exact) mass is 353 g/mol. The molecule has 1 aromatic heterocycles. The zero-order valence-corrected chi connectivity index (χ0v) is 13.4. The molecule has 0 atom stereocenters. The van der Waals surface area contributed by atoms with Crippen molar-refractivity contribution in [2.75, 3.05) is 10.6 Å². The summed E-state index contributed by atoms with van der Waals surface area (Å²) in [5.74, 6) is -2.70. The fourth-order valence-corrected chi connectivity index (χ4v) is 2.24. The standard InChI is InChI=1S/C19H13F2N3O2/c20-13-6-7-17(21)16(9-13)19(26)24-15-5-1-4-14(10-15)23-18(25)12-3-2-8-22-11-12/h1-11H,(H,23,25)(H,24,26). The summed E-state index contributed by atoms with van der Waals surface area (Å²) in [6, 6.07) is 12.2. The largest absolute Gasteiger partial charge is 0.322 e. The van der Waals surface area contributed by atoms with Crippen molar-refractivity contribution in [1.29, 1.82) is 0 Å². The lowest BCUT2D eigenvalue weighted by Gasteiger charge is -2.09. The van der Waals surface area contributed by atoms with Crippen LogP contribution in [0, 0.1) is 11.6 Å². The summed E-state index contributed by atoms with van der Waals surface area (Å²) in [6.45, 7) is 0. The van der Waals surface area contributed by atoms with Crippen molar-refractivity contribution in [3.63, 3.8) is 0 Å². The van der Waals surface area contributed by atoms with Crippen LogP contribution in [0.4, 0.5) is 20.2 Å². The summed E-state index contributed by atoms with van der Waals surface area (Å²) in [4.78, 5) is 28.1. The number of nitrogens with one attached hydrogen (secondary N) is 2. The SMILES string of the molecule is O=C(Nc1cccc(NC(=O)c2cc(F)ccc2F)c1)c1cccnc1. The molecular weight excluding hydrogens is 340 g/mol. The van der Waals surface area contributed by atoms with Crippen LogP contribution in [0.2, 0.25) is 0 Å². The average Bonchev–Trinajstić information content (AvgIpc) is 2.64. The van der Waals surface area contributed by atoms with Crippen LogP contribution in [-0.4, -0.2) is 16.8 Å². The molecule has 5 nitrogen and oxygen atoms in total. The predicted molar refractivity (Wildman–Crippen MR) is 92.9 cm³/mol. The molecule has 0 saturated carbocycles. The van der Waals surface area contributed by atoms with Gasteiger partial charge in [0.1, 0.15) is 11.6 Å². The van der Waals surface area contributed by atoms with E-state index in [1.54, 1.807) is 36.5 Å². The molecule has 0 saturated heterocycles. The highest BCUT2D eigenvalue weighted by atomic mass is 19.1. The number of pyridine rings is 1. The molecule has 2 N–H and O–H groups in total. The maximum absolute atomic E-state index is 13.7. The summed E-state index contributed by atoms with van der Waals surface area (Å²) in [7, 11) is 0. The van der Waals surface area contributed by atoms with Gasteiger partial charge in [0.2, 0.25) is 0 Å². The van der Waals surface area contributed by atoms with E-state index in [-0.39, 0.29) is 5.91 Å². The highest BCUT2D eigenvalue weighted by Gasteiger charge is 2.13. The van der Waals surface area contributed by atoms with Crippen LogP contribution in [0.25, 0.3) is 0 Å². The maximum Gasteiger partial charge on any atom is 0.258 e. The van der Waals surface area contributed by atoms with E-state index in [1.807, 2.05) is 0 Å². The molecule has 0 radical (unpaired) electrons. The minimum absolute atomic E-state index is 0.322. The van der Waals surface area contributed by atoms with Crippen molar-refractivity contribution >= 4 is 23.2 Å². The number of hydrogen-bond donors (Lipinski definition) is 2. The Morgan fingerprint density at radius 1 is 0.846 bits per heavy atom. The molecule has 0 aliphatic heterocycles. The zero-order chi connectivity index (χ0) is 18.5. The third-order valence-corrected chi connectivity index (χ3v) is 3.48. The summed E-state index contributed by atoms with van der Waals surface area (Å²) in [6.07, 6.45) is 2.98. The molecule has 7 heteroatoms. The molecule has 130 valence electrons. The summed E-state index contributed by atoms with van der Waals surface area (Å²) < 4.78 is 26.9. The number of halogens is 2. The lowest BCUT2D eigenvalue weighted by atomic mass is 10.2. The average molecular weight is 353 g/mol. The summed E-state index contributed by atoms with van der Waals surface area (Å²) >= 11 is 0. The van der Waals surface area contributed by atoms with Gasteiger partial charge in [0.25, 0.3) is 11.8 Å². The Balaban J connectivity index is 1.74. The molecule has 0 fully saturated rings. The quantitative estimate of drug-likeness (QED) is 0.748. The number of nitrogens with zero attached hydrogens (tertiary/aromatic N) is 1. The van der Waals surface area contributed by atoms with E-state index in [0.29, 0.717) is 16.9 Å². The fraction of sp³-hybridized carbons (Fsp3) is 0. The van der Waals surface area contributed by atoms with E-state index in [2.05, 4.69) is 15.6 Å². The molecule has 0 spiro atoms. The van der Waals surface area contributed by atoms with Gasteiger partial charge in [0.15, 0.2) is 0 Å². The van der Waals surface area contributed by atoms with E-state index in [0.717, 1.165) is 18.2 Å². The molecule has 0 bridgehead atoms. The second-order valence-corrected chi connectivity index (χ2v) is 5.35. The third kappa shape index (κ3) is 4.07. The topological polar surface area (TPSA) is 71.1 Å². The summed E-state index contributed by atoms with van der Waals surface area (Å²) in [5.41, 5.74) is 0.720. The molecule has 3 aromatic rings. The van der Waals surface area contributed by atoms with Crippen LogP contribution >= 0.6 is 0 Å². The molecule has 3 rings (SSSR count). The van der Waals surface area contributed by atoms with Crippen LogP contribution in [0.1, 0.15) is 20.7 Å². The minimum atomic E-state index is -0.829. The van der Waals surface area contributed by atoms with Gasteiger partial charge in [-0.25, -0.2) is 8.78 Å². The van der Waals surface area contributed by atoms with Gasteiger partial charge in [0.05, 0.1) is 11.1 Å². The van der Waals surface area contributed by atoms with Crippen LogP contribution in [-0.2, 0) is 0 Å².